The van der Waals surface area contributed by atoms with Gasteiger partial charge in [0.1, 0.15) is 5.75 Å². The van der Waals surface area contributed by atoms with E-state index in [9.17, 15) is 4.79 Å². The number of hydrazine groups is 1. The molecule has 0 bridgehead atoms. The van der Waals surface area contributed by atoms with Crippen LogP contribution in [0.3, 0.4) is 0 Å². The molecule has 1 rings (SSSR count). The van der Waals surface area contributed by atoms with Crippen LogP contribution in [0.4, 0.5) is 0 Å². The minimum absolute atomic E-state index is 0.00208. The summed E-state index contributed by atoms with van der Waals surface area (Å²) in [5.74, 6) is 0.170. The molecule has 1 amide bonds. The highest BCUT2D eigenvalue weighted by molar-refractivity contribution is 7.80. The molecule has 0 aliphatic carbocycles. The van der Waals surface area contributed by atoms with Gasteiger partial charge in [0.25, 0.3) is 5.91 Å². The number of carbonyl (C=O) groups excluding carboxylic acids is 1. The fourth-order valence-electron chi connectivity index (χ4n) is 1.12. The number of benzene rings is 1. The molecule has 0 saturated heterocycles. The Labute approximate surface area is 98.9 Å². The SMILES string of the molecule is CCOc1ccccc1C(=O)NNC(N)=S. The van der Waals surface area contributed by atoms with Gasteiger partial charge in [-0.3, -0.25) is 15.6 Å². The third-order valence-corrected chi connectivity index (χ3v) is 1.83. The first kappa shape index (κ1) is 12.3. The third kappa shape index (κ3) is 3.39. The van der Waals surface area contributed by atoms with Crippen LogP contribution in [-0.2, 0) is 0 Å². The Bertz CT molecular complexity index is 395. The van der Waals surface area contributed by atoms with Gasteiger partial charge in [0.15, 0.2) is 5.11 Å². The number of nitrogens with two attached hydrogens (primary N) is 1. The highest BCUT2D eigenvalue weighted by Crippen LogP contribution is 2.17. The highest BCUT2D eigenvalue weighted by Gasteiger charge is 2.10. The topological polar surface area (TPSA) is 76.4 Å². The highest BCUT2D eigenvalue weighted by atomic mass is 32.1. The Morgan fingerprint density at radius 2 is 2.12 bits per heavy atom. The van der Waals surface area contributed by atoms with Crippen molar-refractivity contribution in [2.24, 2.45) is 5.73 Å². The standard InChI is InChI=1S/C10H13N3O2S/c1-2-15-8-6-4-3-5-7(8)9(14)12-13-10(11)16/h3-6H,2H2,1H3,(H,12,14)(H3,11,13,16). The number of para-hydroxylation sites is 1. The molecular weight excluding hydrogens is 226 g/mol. The zero-order valence-electron chi connectivity index (χ0n) is 8.82. The van der Waals surface area contributed by atoms with E-state index in [1.807, 2.05) is 6.92 Å². The Balaban J connectivity index is 2.77. The van der Waals surface area contributed by atoms with Gasteiger partial charge in [-0.15, -0.1) is 0 Å². The van der Waals surface area contributed by atoms with E-state index in [1.165, 1.54) is 0 Å². The van der Waals surface area contributed by atoms with Crippen LogP contribution < -0.4 is 21.3 Å². The fraction of sp³-hybridized carbons (Fsp3) is 0.200. The number of nitrogens with one attached hydrogen (secondary N) is 2. The van der Waals surface area contributed by atoms with E-state index in [1.54, 1.807) is 24.3 Å². The second-order valence-corrected chi connectivity index (χ2v) is 3.31. The van der Waals surface area contributed by atoms with Crippen molar-refractivity contribution in [1.29, 1.82) is 0 Å². The fourth-order valence-corrected chi connectivity index (χ4v) is 1.17. The second kappa shape index (κ2) is 5.92. The summed E-state index contributed by atoms with van der Waals surface area (Å²) < 4.78 is 5.31. The van der Waals surface area contributed by atoms with Crippen molar-refractivity contribution in [2.75, 3.05) is 6.61 Å². The maximum atomic E-state index is 11.7. The molecular formula is C10H13N3O2S. The molecule has 1 aromatic rings. The summed E-state index contributed by atoms with van der Waals surface area (Å²) in [6.45, 7) is 2.34. The van der Waals surface area contributed by atoms with Crippen molar-refractivity contribution >= 4 is 23.2 Å². The average Bonchev–Trinajstić information content (AvgIpc) is 2.27. The number of amides is 1. The van der Waals surface area contributed by atoms with Crippen LogP contribution in [0.2, 0.25) is 0 Å². The molecule has 0 saturated carbocycles. The Morgan fingerprint density at radius 3 is 2.75 bits per heavy atom. The number of ether oxygens (including phenoxy) is 1. The van der Waals surface area contributed by atoms with Gasteiger partial charge in [-0.2, -0.15) is 0 Å². The Morgan fingerprint density at radius 1 is 1.44 bits per heavy atom. The number of carbonyl (C=O) groups is 1. The lowest BCUT2D eigenvalue weighted by Crippen LogP contribution is -2.44. The van der Waals surface area contributed by atoms with E-state index in [0.717, 1.165) is 0 Å². The van der Waals surface area contributed by atoms with Crippen molar-refractivity contribution < 1.29 is 9.53 Å². The first-order valence-electron chi connectivity index (χ1n) is 4.72. The van der Waals surface area contributed by atoms with Gasteiger partial charge in [-0.05, 0) is 31.3 Å². The largest absolute Gasteiger partial charge is 0.493 e. The second-order valence-electron chi connectivity index (χ2n) is 2.87. The van der Waals surface area contributed by atoms with Crippen LogP contribution in [0.15, 0.2) is 24.3 Å². The van der Waals surface area contributed by atoms with Gasteiger partial charge in [-0.1, -0.05) is 12.1 Å². The summed E-state index contributed by atoms with van der Waals surface area (Å²) in [4.78, 5) is 11.7. The average molecular weight is 239 g/mol. The summed E-state index contributed by atoms with van der Waals surface area (Å²) in [6.07, 6.45) is 0. The van der Waals surface area contributed by atoms with Crippen LogP contribution in [0, 0.1) is 0 Å². The zero-order chi connectivity index (χ0) is 12.0. The monoisotopic (exact) mass is 239 g/mol. The maximum absolute atomic E-state index is 11.7. The van der Waals surface area contributed by atoms with Gasteiger partial charge in [0, 0.05) is 0 Å². The van der Waals surface area contributed by atoms with E-state index < -0.39 is 0 Å². The van der Waals surface area contributed by atoms with Crippen molar-refractivity contribution in [3.63, 3.8) is 0 Å². The first-order chi connectivity index (χ1) is 7.65. The Hall–Kier alpha value is -1.82. The van der Waals surface area contributed by atoms with Gasteiger partial charge in [0.2, 0.25) is 0 Å². The molecule has 0 aromatic heterocycles. The lowest BCUT2D eigenvalue weighted by Gasteiger charge is -2.10. The number of thiocarbonyl (C=S) groups is 1. The summed E-state index contributed by atoms with van der Waals surface area (Å²) in [5, 5.41) is 0.00208. The lowest BCUT2D eigenvalue weighted by molar-refractivity contribution is 0.0940. The first-order valence-corrected chi connectivity index (χ1v) is 5.13. The van der Waals surface area contributed by atoms with E-state index >= 15 is 0 Å². The molecule has 0 atom stereocenters. The van der Waals surface area contributed by atoms with Gasteiger partial charge in [-0.25, -0.2) is 0 Å². The van der Waals surface area contributed by atoms with Gasteiger partial charge in [0.05, 0.1) is 12.2 Å². The normalized spacial score (nSPS) is 9.31. The van der Waals surface area contributed by atoms with Crippen molar-refractivity contribution in [3.8, 4) is 5.75 Å². The molecule has 0 spiro atoms. The third-order valence-electron chi connectivity index (χ3n) is 1.73. The molecule has 5 nitrogen and oxygen atoms in total. The van der Waals surface area contributed by atoms with Crippen molar-refractivity contribution in [1.82, 2.24) is 10.9 Å². The summed E-state index contributed by atoms with van der Waals surface area (Å²) in [7, 11) is 0. The molecule has 0 heterocycles. The summed E-state index contributed by atoms with van der Waals surface area (Å²) >= 11 is 4.57. The predicted octanol–water partition coefficient (Wildman–Crippen LogP) is 0.563. The maximum Gasteiger partial charge on any atom is 0.273 e. The Kier molecular flexibility index (Phi) is 4.53. The number of hydrogen-bond donors (Lipinski definition) is 3. The predicted molar refractivity (Wildman–Crippen MR) is 65.0 cm³/mol. The molecule has 0 aliphatic heterocycles. The van der Waals surface area contributed by atoms with E-state index in [-0.39, 0.29) is 11.0 Å². The van der Waals surface area contributed by atoms with Crippen LogP contribution in [0.1, 0.15) is 17.3 Å². The van der Waals surface area contributed by atoms with Crippen molar-refractivity contribution in [3.05, 3.63) is 29.8 Å². The van der Waals surface area contributed by atoms with Crippen LogP contribution >= 0.6 is 12.2 Å². The number of rotatable bonds is 3. The van der Waals surface area contributed by atoms with Crippen LogP contribution in [0.5, 0.6) is 5.75 Å². The quantitative estimate of drug-likeness (QED) is 0.531. The molecule has 0 aliphatic rings. The molecule has 16 heavy (non-hydrogen) atoms. The van der Waals surface area contributed by atoms with E-state index in [0.29, 0.717) is 17.9 Å². The molecule has 0 unspecified atom stereocenters. The smallest absolute Gasteiger partial charge is 0.273 e. The lowest BCUT2D eigenvalue weighted by atomic mass is 10.2. The zero-order valence-corrected chi connectivity index (χ0v) is 9.64. The summed E-state index contributed by atoms with van der Waals surface area (Å²) in [5.41, 5.74) is 10.3. The molecule has 86 valence electrons. The molecule has 6 heteroatoms. The van der Waals surface area contributed by atoms with Crippen molar-refractivity contribution in [2.45, 2.75) is 6.92 Å². The number of hydrogen-bond acceptors (Lipinski definition) is 3. The molecule has 0 radical (unpaired) electrons. The van der Waals surface area contributed by atoms with E-state index in [4.69, 9.17) is 10.5 Å². The van der Waals surface area contributed by atoms with E-state index in [2.05, 4.69) is 23.1 Å². The molecule has 4 N–H and O–H groups in total. The summed E-state index contributed by atoms with van der Waals surface area (Å²) in [6, 6.07) is 6.92. The van der Waals surface area contributed by atoms with Crippen LogP contribution in [-0.4, -0.2) is 17.6 Å². The minimum Gasteiger partial charge on any atom is -0.493 e. The minimum atomic E-state index is -0.350. The van der Waals surface area contributed by atoms with Gasteiger partial charge < -0.3 is 10.5 Å². The molecule has 0 fully saturated rings. The van der Waals surface area contributed by atoms with Crippen LogP contribution in [0.25, 0.3) is 0 Å². The molecule has 1 aromatic carbocycles. The van der Waals surface area contributed by atoms with Gasteiger partial charge >= 0.3 is 0 Å².